The van der Waals surface area contributed by atoms with Crippen molar-refractivity contribution in [1.29, 1.82) is 0 Å². The minimum absolute atomic E-state index is 0.0491. The third kappa shape index (κ3) is 3.90. The van der Waals surface area contributed by atoms with Crippen LogP contribution in [0, 0.1) is 0 Å². The molecule has 3 aromatic heterocycles. The van der Waals surface area contributed by atoms with Gasteiger partial charge in [-0.3, -0.25) is 9.59 Å². The Hall–Kier alpha value is -2.20. The van der Waals surface area contributed by atoms with Crippen LogP contribution in [-0.2, 0) is 42.9 Å². The van der Waals surface area contributed by atoms with Crippen LogP contribution in [0.5, 0.6) is 0 Å². The molecule has 5 rings (SSSR count). The number of hydrogen-bond donors (Lipinski definition) is 2. The molecular formula is C20H24N6O2S2. The second kappa shape index (κ2) is 8.50. The summed E-state index contributed by atoms with van der Waals surface area (Å²) in [7, 11) is 0. The minimum atomic E-state index is -0.0514. The van der Waals surface area contributed by atoms with Gasteiger partial charge in [-0.1, -0.05) is 6.42 Å². The number of thiophene rings is 1. The fraction of sp³-hybridized carbons (Fsp3) is 0.550. The number of amides is 1. The number of aromatic amines is 1. The lowest BCUT2D eigenvalue weighted by atomic mass is 10.2. The van der Waals surface area contributed by atoms with Crippen LogP contribution in [0.1, 0.15) is 53.6 Å². The smallest absolute Gasteiger partial charge is 0.259 e. The van der Waals surface area contributed by atoms with E-state index in [2.05, 4.69) is 30.0 Å². The van der Waals surface area contributed by atoms with E-state index in [-0.39, 0.29) is 11.5 Å². The van der Waals surface area contributed by atoms with Crippen LogP contribution < -0.4 is 10.9 Å². The number of fused-ring (bicyclic) bond motifs is 4. The molecule has 30 heavy (non-hydrogen) atoms. The Balaban J connectivity index is 1.15. The van der Waals surface area contributed by atoms with Gasteiger partial charge in [0.1, 0.15) is 16.5 Å². The fourth-order valence-electron chi connectivity index (χ4n) is 4.26. The summed E-state index contributed by atoms with van der Waals surface area (Å²) in [5.41, 5.74) is 1.14. The van der Waals surface area contributed by atoms with Crippen LogP contribution in [0.15, 0.2) is 4.79 Å². The average molecular weight is 445 g/mol. The van der Waals surface area contributed by atoms with Gasteiger partial charge in [-0.25, -0.2) is 4.98 Å². The van der Waals surface area contributed by atoms with E-state index in [9.17, 15) is 9.59 Å². The molecule has 4 heterocycles. The van der Waals surface area contributed by atoms with Gasteiger partial charge in [-0.2, -0.15) is 0 Å². The van der Waals surface area contributed by atoms with Gasteiger partial charge < -0.3 is 14.9 Å². The summed E-state index contributed by atoms with van der Waals surface area (Å²) >= 11 is 3.09. The standard InChI is InChI=1S/C20H24N6O2S2/c27-17(21-9-16-25-24-15-7-2-1-3-8-26(15)16)11-29-10-14-22-19(28)18-12-5-4-6-13(12)30-20(18)23-14/h1-11H2,(H,21,27)(H,22,23,28). The summed E-state index contributed by atoms with van der Waals surface area (Å²) in [5, 5.41) is 12.2. The monoisotopic (exact) mass is 444 g/mol. The largest absolute Gasteiger partial charge is 0.348 e. The van der Waals surface area contributed by atoms with Crippen LogP contribution in [0.4, 0.5) is 0 Å². The number of nitrogens with one attached hydrogen (secondary N) is 2. The second-order valence-corrected chi connectivity index (χ2v) is 9.88. The molecule has 0 aromatic carbocycles. The number of carbonyl (C=O) groups is 1. The number of hydrogen-bond acceptors (Lipinski definition) is 7. The molecular weight excluding hydrogens is 420 g/mol. The first kappa shape index (κ1) is 19.7. The van der Waals surface area contributed by atoms with Crippen LogP contribution in [-0.4, -0.2) is 36.4 Å². The Labute approximate surface area is 181 Å². The van der Waals surface area contributed by atoms with E-state index in [4.69, 9.17) is 0 Å². The van der Waals surface area contributed by atoms with Crippen molar-refractivity contribution in [2.24, 2.45) is 0 Å². The zero-order valence-electron chi connectivity index (χ0n) is 16.7. The quantitative estimate of drug-likeness (QED) is 0.605. The van der Waals surface area contributed by atoms with Crippen molar-refractivity contribution in [3.63, 3.8) is 0 Å². The highest BCUT2D eigenvalue weighted by atomic mass is 32.2. The highest BCUT2D eigenvalue weighted by molar-refractivity contribution is 7.99. The number of aryl methyl sites for hydroxylation is 3. The molecule has 0 fully saturated rings. The van der Waals surface area contributed by atoms with Crippen molar-refractivity contribution in [2.75, 3.05) is 5.75 Å². The molecule has 2 aliphatic rings. The van der Waals surface area contributed by atoms with Crippen LogP contribution >= 0.6 is 23.1 Å². The molecule has 10 heteroatoms. The van der Waals surface area contributed by atoms with Gasteiger partial charge in [0.2, 0.25) is 5.91 Å². The van der Waals surface area contributed by atoms with Crippen LogP contribution in [0.25, 0.3) is 10.2 Å². The van der Waals surface area contributed by atoms with E-state index in [0.29, 0.717) is 23.9 Å². The van der Waals surface area contributed by atoms with E-state index >= 15 is 0 Å². The number of rotatable bonds is 6. The van der Waals surface area contributed by atoms with Gasteiger partial charge in [0.15, 0.2) is 5.82 Å². The van der Waals surface area contributed by atoms with Gasteiger partial charge in [0.05, 0.1) is 23.4 Å². The minimum Gasteiger partial charge on any atom is -0.348 e. The van der Waals surface area contributed by atoms with E-state index in [1.807, 2.05) is 0 Å². The lowest BCUT2D eigenvalue weighted by Gasteiger charge is -2.08. The summed E-state index contributed by atoms with van der Waals surface area (Å²) in [6, 6.07) is 0. The number of H-pyrrole nitrogens is 1. The predicted molar refractivity (Wildman–Crippen MR) is 118 cm³/mol. The van der Waals surface area contributed by atoms with Crippen molar-refractivity contribution < 1.29 is 4.79 Å². The zero-order valence-corrected chi connectivity index (χ0v) is 18.3. The number of aromatic nitrogens is 5. The van der Waals surface area contributed by atoms with E-state index < -0.39 is 0 Å². The summed E-state index contributed by atoms with van der Waals surface area (Å²) in [6.45, 7) is 1.32. The maximum Gasteiger partial charge on any atom is 0.259 e. The first-order valence-corrected chi connectivity index (χ1v) is 12.4. The van der Waals surface area contributed by atoms with E-state index in [1.54, 1.807) is 11.3 Å². The van der Waals surface area contributed by atoms with Crippen molar-refractivity contribution in [3.05, 3.63) is 38.3 Å². The van der Waals surface area contributed by atoms with Crippen LogP contribution in [0.3, 0.4) is 0 Å². The van der Waals surface area contributed by atoms with Crippen molar-refractivity contribution in [2.45, 2.75) is 63.8 Å². The Kier molecular flexibility index (Phi) is 5.60. The third-order valence-electron chi connectivity index (χ3n) is 5.73. The topological polar surface area (TPSA) is 106 Å². The average Bonchev–Trinajstić information content (AvgIpc) is 3.36. The summed E-state index contributed by atoms with van der Waals surface area (Å²) in [5.74, 6) is 3.24. The van der Waals surface area contributed by atoms with Gasteiger partial charge in [-0.05, 0) is 37.7 Å². The first-order chi connectivity index (χ1) is 14.7. The molecule has 1 aliphatic carbocycles. The second-order valence-electron chi connectivity index (χ2n) is 7.81. The maximum atomic E-state index is 12.5. The molecule has 1 amide bonds. The molecule has 0 spiro atoms. The molecule has 0 saturated heterocycles. The Morgan fingerprint density at radius 3 is 3.03 bits per heavy atom. The van der Waals surface area contributed by atoms with Gasteiger partial charge in [0.25, 0.3) is 5.56 Å². The predicted octanol–water partition coefficient (Wildman–Crippen LogP) is 2.34. The molecule has 0 unspecified atom stereocenters. The summed E-state index contributed by atoms with van der Waals surface area (Å²) < 4.78 is 2.14. The zero-order chi connectivity index (χ0) is 20.5. The van der Waals surface area contributed by atoms with Gasteiger partial charge in [-0.15, -0.1) is 33.3 Å². The molecule has 0 radical (unpaired) electrons. The Morgan fingerprint density at radius 1 is 1.17 bits per heavy atom. The molecule has 8 nitrogen and oxygen atoms in total. The highest BCUT2D eigenvalue weighted by Gasteiger charge is 2.21. The van der Waals surface area contributed by atoms with E-state index in [1.165, 1.54) is 28.6 Å². The first-order valence-electron chi connectivity index (χ1n) is 10.5. The number of nitrogens with zero attached hydrogens (tertiary/aromatic N) is 4. The van der Waals surface area contributed by atoms with Gasteiger partial charge >= 0.3 is 0 Å². The highest BCUT2D eigenvalue weighted by Crippen LogP contribution is 2.34. The van der Waals surface area contributed by atoms with E-state index in [0.717, 1.165) is 66.9 Å². The van der Waals surface area contributed by atoms with Crippen LogP contribution in [0.2, 0.25) is 0 Å². The molecule has 3 aromatic rings. The number of carbonyl (C=O) groups excluding carboxylic acids is 1. The molecule has 2 N–H and O–H groups in total. The van der Waals surface area contributed by atoms with Crippen molar-refractivity contribution in [1.82, 2.24) is 30.0 Å². The third-order valence-corrected chi connectivity index (χ3v) is 7.86. The lowest BCUT2D eigenvalue weighted by Crippen LogP contribution is -2.26. The lowest BCUT2D eigenvalue weighted by molar-refractivity contribution is -0.118. The SMILES string of the molecule is O=C(CSCc1nc2sc3c(c2c(=O)[nH]1)CCC3)NCc1nnc2n1CCCCC2. The summed E-state index contributed by atoms with van der Waals surface area (Å²) in [4.78, 5) is 34.4. The Bertz CT molecular complexity index is 1150. The van der Waals surface area contributed by atoms with Gasteiger partial charge in [0, 0.05) is 17.8 Å². The Morgan fingerprint density at radius 2 is 2.10 bits per heavy atom. The fourth-order valence-corrected chi connectivity index (χ4v) is 6.26. The molecule has 0 bridgehead atoms. The van der Waals surface area contributed by atoms with Crippen molar-refractivity contribution in [3.8, 4) is 0 Å². The molecule has 158 valence electrons. The normalized spacial score (nSPS) is 15.7. The molecule has 1 aliphatic heterocycles. The molecule has 0 atom stereocenters. The summed E-state index contributed by atoms with van der Waals surface area (Å²) in [6.07, 6.45) is 7.60. The maximum absolute atomic E-state index is 12.5. The number of thioether (sulfide) groups is 1. The van der Waals surface area contributed by atoms with Crippen molar-refractivity contribution >= 4 is 39.2 Å². The molecule has 0 saturated carbocycles.